The number of hydrogen-bond acceptors (Lipinski definition) is 2. The van der Waals surface area contributed by atoms with Crippen molar-refractivity contribution >= 4 is 6.29 Å². The molecule has 0 unspecified atom stereocenters. The Bertz CT molecular complexity index is 220. The molecule has 1 aromatic rings. The van der Waals surface area contributed by atoms with Gasteiger partial charge in [-0.25, -0.2) is 0 Å². The molecule has 0 saturated heterocycles. The first kappa shape index (κ1) is 5.95. The number of carbonyl (C=O) groups excluding carboxylic acids is 1. The summed E-state index contributed by atoms with van der Waals surface area (Å²) in [5.41, 5.74) is 1.64. The SMILES string of the molecule is Cc1cnccc1C=O. The molecule has 1 rings (SSSR count). The van der Waals surface area contributed by atoms with Crippen molar-refractivity contribution in [1.29, 1.82) is 0 Å². The Kier molecular flexibility index (Phi) is 1.58. The van der Waals surface area contributed by atoms with Gasteiger partial charge in [0.2, 0.25) is 0 Å². The van der Waals surface area contributed by atoms with E-state index in [2.05, 4.69) is 4.98 Å². The topological polar surface area (TPSA) is 30.0 Å². The van der Waals surface area contributed by atoms with E-state index < -0.39 is 0 Å². The highest BCUT2D eigenvalue weighted by Crippen LogP contribution is 1.99. The molecule has 0 amide bonds. The molecule has 46 valence electrons. The van der Waals surface area contributed by atoms with E-state index in [0.717, 1.165) is 11.8 Å². The Morgan fingerprint density at radius 2 is 2.44 bits per heavy atom. The zero-order valence-electron chi connectivity index (χ0n) is 5.16. The third-order valence-electron chi connectivity index (χ3n) is 1.19. The largest absolute Gasteiger partial charge is 0.298 e. The van der Waals surface area contributed by atoms with Gasteiger partial charge in [0.15, 0.2) is 0 Å². The van der Waals surface area contributed by atoms with Crippen LogP contribution >= 0.6 is 0 Å². The van der Waals surface area contributed by atoms with Gasteiger partial charge in [-0.1, -0.05) is 0 Å². The summed E-state index contributed by atoms with van der Waals surface area (Å²) < 4.78 is 0. The maximum Gasteiger partial charge on any atom is 0.150 e. The number of pyridine rings is 1. The number of nitrogens with zero attached hydrogens (tertiary/aromatic N) is 1. The number of carbonyl (C=O) groups is 1. The maximum atomic E-state index is 10.2. The van der Waals surface area contributed by atoms with Crippen LogP contribution in [0.4, 0.5) is 0 Å². The van der Waals surface area contributed by atoms with E-state index in [4.69, 9.17) is 0 Å². The Morgan fingerprint density at radius 1 is 1.67 bits per heavy atom. The van der Waals surface area contributed by atoms with Gasteiger partial charge in [0.25, 0.3) is 0 Å². The van der Waals surface area contributed by atoms with Crippen molar-refractivity contribution < 1.29 is 4.79 Å². The van der Waals surface area contributed by atoms with E-state index >= 15 is 0 Å². The van der Waals surface area contributed by atoms with Gasteiger partial charge >= 0.3 is 0 Å². The molecule has 0 bridgehead atoms. The lowest BCUT2D eigenvalue weighted by molar-refractivity contribution is 0.112. The number of aldehydes is 1. The van der Waals surface area contributed by atoms with Crippen LogP contribution < -0.4 is 0 Å². The smallest absolute Gasteiger partial charge is 0.150 e. The quantitative estimate of drug-likeness (QED) is 0.522. The summed E-state index contributed by atoms with van der Waals surface area (Å²) in [6, 6.07) is 1.70. The molecule has 0 aromatic carbocycles. The van der Waals surface area contributed by atoms with Crippen molar-refractivity contribution in [3.8, 4) is 0 Å². The highest BCUT2D eigenvalue weighted by Gasteiger charge is 1.91. The second-order valence-electron chi connectivity index (χ2n) is 1.85. The zero-order valence-corrected chi connectivity index (χ0v) is 5.16. The highest BCUT2D eigenvalue weighted by molar-refractivity contribution is 5.76. The van der Waals surface area contributed by atoms with Crippen LogP contribution in [0.25, 0.3) is 0 Å². The molecule has 0 aliphatic rings. The van der Waals surface area contributed by atoms with Crippen LogP contribution in [0.15, 0.2) is 18.5 Å². The van der Waals surface area contributed by atoms with Crippen molar-refractivity contribution in [3.05, 3.63) is 29.6 Å². The van der Waals surface area contributed by atoms with E-state index in [-0.39, 0.29) is 0 Å². The first-order chi connectivity index (χ1) is 4.34. The zero-order chi connectivity index (χ0) is 6.69. The second-order valence-corrected chi connectivity index (χ2v) is 1.85. The molecular weight excluding hydrogens is 114 g/mol. The summed E-state index contributed by atoms with van der Waals surface area (Å²) in [5.74, 6) is 0. The summed E-state index contributed by atoms with van der Waals surface area (Å²) in [5, 5.41) is 0. The molecule has 9 heavy (non-hydrogen) atoms. The summed E-state index contributed by atoms with van der Waals surface area (Å²) in [4.78, 5) is 14.0. The third kappa shape index (κ3) is 1.13. The van der Waals surface area contributed by atoms with E-state index in [9.17, 15) is 4.79 Å². The van der Waals surface area contributed by atoms with Gasteiger partial charge < -0.3 is 0 Å². The van der Waals surface area contributed by atoms with Crippen LogP contribution in [-0.4, -0.2) is 11.3 Å². The average molecular weight is 121 g/mol. The average Bonchev–Trinajstić information content (AvgIpc) is 1.89. The second kappa shape index (κ2) is 2.40. The molecule has 2 nitrogen and oxygen atoms in total. The Balaban J connectivity index is 3.15. The standard InChI is InChI=1S/C7H7NO/c1-6-4-8-3-2-7(6)5-9/h2-5H,1H3. The van der Waals surface area contributed by atoms with E-state index in [1.165, 1.54) is 0 Å². The minimum absolute atomic E-state index is 0.713. The summed E-state index contributed by atoms with van der Waals surface area (Å²) in [6.07, 6.45) is 4.11. The van der Waals surface area contributed by atoms with Crippen LogP contribution in [0.5, 0.6) is 0 Å². The molecule has 1 heterocycles. The Labute approximate surface area is 53.5 Å². The third-order valence-corrected chi connectivity index (χ3v) is 1.19. The molecule has 0 fully saturated rings. The number of rotatable bonds is 1. The predicted molar refractivity (Wildman–Crippen MR) is 34.4 cm³/mol. The van der Waals surface area contributed by atoms with Crippen LogP contribution in [0.1, 0.15) is 15.9 Å². The lowest BCUT2D eigenvalue weighted by atomic mass is 10.2. The fourth-order valence-corrected chi connectivity index (χ4v) is 0.616. The maximum absolute atomic E-state index is 10.2. The van der Waals surface area contributed by atoms with Gasteiger partial charge in [-0.05, 0) is 18.6 Å². The normalized spacial score (nSPS) is 9.00. The Hall–Kier alpha value is -1.18. The minimum atomic E-state index is 0.713. The monoisotopic (exact) mass is 121 g/mol. The van der Waals surface area contributed by atoms with Gasteiger partial charge in [-0.2, -0.15) is 0 Å². The van der Waals surface area contributed by atoms with Crippen molar-refractivity contribution in [2.75, 3.05) is 0 Å². The summed E-state index contributed by atoms with van der Waals surface area (Å²) >= 11 is 0. The fourth-order valence-electron chi connectivity index (χ4n) is 0.616. The molecule has 0 aliphatic heterocycles. The lowest BCUT2D eigenvalue weighted by Crippen LogP contribution is -1.85. The summed E-state index contributed by atoms with van der Waals surface area (Å²) in [7, 11) is 0. The predicted octanol–water partition coefficient (Wildman–Crippen LogP) is 1.20. The van der Waals surface area contributed by atoms with Crippen LogP contribution in [0.2, 0.25) is 0 Å². The van der Waals surface area contributed by atoms with E-state index in [0.29, 0.717) is 5.56 Å². The number of aryl methyl sites for hydroxylation is 1. The van der Waals surface area contributed by atoms with Crippen molar-refractivity contribution in [2.24, 2.45) is 0 Å². The van der Waals surface area contributed by atoms with Gasteiger partial charge in [0.1, 0.15) is 6.29 Å². The molecule has 1 aromatic heterocycles. The molecule has 0 spiro atoms. The lowest BCUT2D eigenvalue weighted by Gasteiger charge is -1.91. The van der Waals surface area contributed by atoms with Crippen LogP contribution in [-0.2, 0) is 0 Å². The first-order valence-electron chi connectivity index (χ1n) is 2.70. The van der Waals surface area contributed by atoms with Crippen LogP contribution in [0, 0.1) is 6.92 Å². The van der Waals surface area contributed by atoms with Gasteiger partial charge in [-0.3, -0.25) is 9.78 Å². The van der Waals surface area contributed by atoms with Crippen molar-refractivity contribution in [1.82, 2.24) is 4.98 Å². The van der Waals surface area contributed by atoms with Gasteiger partial charge in [0, 0.05) is 18.0 Å². The van der Waals surface area contributed by atoms with E-state index in [1.54, 1.807) is 18.5 Å². The molecule has 0 atom stereocenters. The van der Waals surface area contributed by atoms with Crippen molar-refractivity contribution in [3.63, 3.8) is 0 Å². The summed E-state index contributed by atoms with van der Waals surface area (Å²) in [6.45, 7) is 1.86. The van der Waals surface area contributed by atoms with Gasteiger partial charge in [-0.15, -0.1) is 0 Å². The number of aromatic nitrogens is 1. The molecule has 2 heteroatoms. The molecule has 0 N–H and O–H groups in total. The minimum Gasteiger partial charge on any atom is -0.298 e. The molecule has 0 aliphatic carbocycles. The molecule has 0 saturated carbocycles. The fraction of sp³-hybridized carbons (Fsp3) is 0.143. The molecular formula is C7H7NO. The first-order valence-corrected chi connectivity index (χ1v) is 2.70. The van der Waals surface area contributed by atoms with Crippen molar-refractivity contribution in [2.45, 2.75) is 6.92 Å². The number of hydrogen-bond donors (Lipinski definition) is 0. The molecule has 0 radical (unpaired) electrons. The Morgan fingerprint density at radius 3 is 2.89 bits per heavy atom. The highest BCUT2D eigenvalue weighted by atomic mass is 16.1. The van der Waals surface area contributed by atoms with Crippen LogP contribution in [0.3, 0.4) is 0 Å². The van der Waals surface area contributed by atoms with E-state index in [1.807, 2.05) is 6.92 Å². The van der Waals surface area contributed by atoms with Gasteiger partial charge in [0.05, 0.1) is 0 Å².